The average Bonchev–Trinajstić information content (AvgIpc) is 2.37. The molecular formula is C13H11FN2O4S. The third-order valence-corrected chi connectivity index (χ3v) is 3.64. The zero-order chi connectivity index (χ0) is 15.8. The maximum atomic E-state index is 13.1. The van der Waals surface area contributed by atoms with Gasteiger partial charge in [-0.2, -0.15) is 0 Å². The van der Waals surface area contributed by atoms with Crippen molar-refractivity contribution < 1.29 is 22.7 Å². The molecule has 0 bridgehead atoms. The van der Waals surface area contributed by atoms with Gasteiger partial charge in [-0.25, -0.2) is 27.6 Å². The first-order chi connectivity index (χ1) is 9.70. The zero-order valence-electron chi connectivity index (χ0n) is 11.2. The minimum Gasteiger partial charge on any atom is -0.476 e. The third kappa shape index (κ3) is 3.05. The second-order valence-corrected chi connectivity index (χ2v) is 6.36. The van der Waals surface area contributed by atoms with Gasteiger partial charge in [0.25, 0.3) is 0 Å². The molecule has 1 aromatic carbocycles. The normalized spacial score (nSPS) is 11.4. The van der Waals surface area contributed by atoms with Gasteiger partial charge in [0.2, 0.25) is 15.0 Å². The van der Waals surface area contributed by atoms with Gasteiger partial charge in [-0.3, -0.25) is 0 Å². The lowest BCUT2D eigenvalue weighted by molar-refractivity contribution is 0.0690. The van der Waals surface area contributed by atoms with Crippen molar-refractivity contribution in [2.45, 2.75) is 12.1 Å². The molecule has 6 nitrogen and oxygen atoms in total. The highest BCUT2D eigenvalue weighted by Gasteiger charge is 2.20. The highest BCUT2D eigenvalue weighted by atomic mass is 32.2. The largest absolute Gasteiger partial charge is 0.476 e. The van der Waals surface area contributed by atoms with Crippen LogP contribution in [0.4, 0.5) is 4.39 Å². The Labute approximate surface area is 120 Å². The van der Waals surface area contributed by atoms with Crippen molar-refractivity contribution >= 4 is 15.8 Å². The number of benzene rings is 1. The molecule has 1 aromatic heterocycles. The van der Waals surface area contributed by atoms with Crippen LogP contribution in [0.15, 0.2) is 29.6 Å². The first kappa shape index (κ1) is 15.0. The van der Waals surface area contributed by atoms with E-state index in [-0.39, 0.29) is 5.56 Å². The molecule has 21 heavy (non-hydrogen) atoms. The van der Waals surface area contributed by atoms with Crippen LogP contribution in [0, 0.1) is 12.7 Å². The summed E-state index contributed by atoms with van der Waals surface area (Å²) in [5.41, 5.74) is 0.606. The van der Waals surface area contributed by atoms with Gasteiger partial charge >= 0.3 is 5.97 Å². The van der Waals surface area contributed by atoms with Crippen molar-refractivity contribution in [3.63, 3.8) is 0 Å². The standard InChI is InChI=1S/C13H11FN2O4S/c1-7-5-8(14)3-4-9(7)10-6-15-13(21(2,19)20)16-11(10)12(17)18/h3-6H,1-2H3,(H,17,18). The van der Waals surface area contributed by atoms with E-state index in [1.807, 2.05) is 0 Å². The number of aromatic carboxylic acids is 1. The highest BCUT2D eigenvalue weighted by molar-refractivity contribution is 7.90. The van der Waals surface area contributed by atoms with Crippen LogP contribution in [0.2, 0.25) is 0 Å². The average molecular weight is 310 g/mol. The molecule has 0 aliphatic rings. The monoisotopic (exact) mass is 310 g/mol. The first-order valence-electron chi connectivity index (χ1n) is 5.77. The Hall–Kier alpha value is -2.35. The van der Waals surface area contributed by atoms with Gasteiger partial charge in [-0.1, -0.05) is 6.07 Å². The van der Waals surface area contributed by atoms with Crippen LogP contribution in [0.25, 0.3) is 11.1 Å². The summed E-state index contributed by atoms with van der Waals surface area (Å²) in [6.07, 6.45) is 2.00. The first-order valence-corrected chi connectivity index (χ1v) is 7.66. The summed E-state index contributed by atoms with van der Waals surface area (Å²) in [6.45, 7) is 1.61. The van der Waals surface area contributed by atoms with Crippen molar-refractivity contribution in [3.05, 3.63) is 41.5 Å². The summed E-state index contributed by atoms with van der Waals surface area (Å²) in [6, 6.07) is 3.82. The maximum Gasteiger partial charge on any atom is 0.355 e. The summed E-state index contributed by atoms with van der Waals surface area (Å²) in [5.74, 6) is -1.84. The van der Waals surface area contributed by atoms with E-state index in [0.717, 1.165) is 12.5 Å². The summed E-state index contributed by atoms with van der Waals surface area (Å²) in [4.78, 5) is 18.6. The van der Waals surface area contributed by atoms with E-state index in [1.165, 1.54) is 18.2 Å². The number of carboxylic acid groups (broad SMARTS) is 1. The Kier molecular flexibility index (Phi) is 3.73. The summed E-state index contributed by atoms with van der Waals surface area (Å²) in [5, 5.41) is 8.64. The maximum absolute atomic E-state index is 13.1. The van der Waals surface area contributed by atoms with Gasteiger partial charge < -0.3 is 5.11 Å². The van der Waals surface area contributed by atoms with Crippen LogP contribution in [-0.2, 0) is 9.84 Å². The predicted octanol–water partition coefficient (Wildman–Crippen LogP) is 1.69. The Morgan fingerprint density at radius 1 is 1.29 bits per heavy atom. The van der Waals surface area contributed by atoms with Crippen LogP contribution in [0.1, 0.15) is 16.1 Å². The van der Waals surface area contributed by atoms with Crippen LogP contribution < -0.4 is 0 Å². The van der Waals surface area contributed by atoms with E-state index < -0.39 is 32.5 Å². The molecular weight excluding hydrogens is 299 g/mol. The van der Waals surface area contributed by atoms with E-state index in [4.69, 9.17) is 0 Å². The number of nitrogens with zero attached hydrogens (tertiary/aromatic N) is 2. The van der Waals surface area contributed by atoms with Gasteiger partial charge in [-0.15, -0.1) is 0 Å². The summed E-state index contributed by atoms with van der Waals surface area (Å²) in [7, 11) is -3.72. The second kappa shape index (κ2) is 5.21. The topological polar surface area (TPSA) is 97.2 Å². The Bertz CT molecular complexity index is 834. The lowest BCUT2D eigenvalue weighted by Crippen LogP contribution is -2.11. The number of hydrogen-bond acceptors (Lipinski definition) is 5. The molecule has 0 fully saturated rings. The van der Waals surface area contributed by atoms with Gasteiger partial charge in [0.05, 0.1) is 0 Å². The minimum atomic E-state index is -3.72. The lowest BCUT2D eigenvalue weighted by Gasteiger charge is -2.09. The van der Waals surface area contributed by atoms with Crippen molar-refractivity contribution in [3.8, 4) is 11.1 Å². The number of hydrogen-bond donors (Lipinski definition) is 1. The molecule has 110 valence electrons. The van der Waals surface area contributed by atoms with Crippen molar-refractivity contribution in [2.24, 2.45) is 0 Å². The fourth-order valence-corrected chi connectivity index (χ4v) is 2.33. The number of aromatic nitrogens is 2. The Balaban J connectivity index is 2.72. The molecule has 0 spiro atoms. The third-order valence-electron chi connectivity index (χ3n) is 2.78. The molecule has 0 aliphatic heterocycles. The van der Waals surface area contributed by atoms with Gasteiger partial charge in [-0.05, 0) is 30.2 Å². The second-order valence-electron chi connectivity index (χ2n) is 4.45. The molecule has 1 N–H and O–H groups in total. The van der Waals surface area contributed by atoms with Crippen LogP contribution in [-0.4, -0.2) is 35.7 Å². The van der Waals surface area contributed by atoms with E-state index >= 15 is 0 Å². The number of halogens is 1. The lowest BCUT2D eigenvalue weighted by atomic mass is 10.0. The van der Waals surface area contributed by atoms with Crippen molar-refractivity contribution in [1.82, 2.24) is 9.97 Å². The number of carboxylic acids is 1. The van der Waals surface area contributed by atoms with E-state index in [9.17, 15) is 22.7 Å². The van der Waals surface area contributed by atoms with Crippen molar-refractivity contribution in [2.75, 3.05) is 6.26 Å². The molecule has 0 saturated carbocycles. The van der Waals surface area contributed by atoms with E-state index in [1.54, 1.807) is 6.92 Å². The Morgan fingerprint density at radius 2 is 1.95 bits per heavy atom. The fourth-order valence-electron chi connectivity index (χ4n) is 1.83. The number of rotatable bonds is 3. The molecule has 0 radical (unpaired) electrons. The number of carbonyl (C=O) groups is 1. The highest BCUT2D eigenvalue weighted by Crippen LogP contribution is 2.26. The molecule has 0 unspecified atom stereocenters. The quantitative estimate of drug-likeness (QED) is 0.866. The van der Waals surface area contributed by atoms with Gasteiger partial charge in [0.1, 0.15) is 5.82 Å². The Morgan fingerprint density at radius 3 is 2.48 bits per heavy atom. The van der Waals surface area contributed by atoms with Gasteiger partial charge in [0, 0.05) is 18.0 Å². The van der Waals surface area contributed by atoms with Crippen LogP contribution in [0.5, 0.6) is 0 Å². The van der Waals surface area contributed by atoms with Crippen LogP contribution >= 0.6 is 0 Å². The summed E-state index contributed by atoms with van der Waals surface area (Å²) < 4.78 is 35.9. The molecule has 0 amide bonds. The minimum absolute atomic E-state index is 0.132. The summed E-state index contributed by atoms with van der Waals surface area (Å²) >= 11 is 0. The van der Waals surface area contributed by atoms with Crippen LogP contribution in [0.3, 0.4) is 0 Å². The van der Waals surface area contributed by atoms with E-state index in [2.05, 4.69) is 9.97 Å². The zero-order valence-corrected chi connectivity index (χ0v) is 12.0. The smallest absolute Gasteiger partial charge is 0.355 e. The number of aryl methyl sites for hydroxylation is 1. The SMILES string of the molecule is Cc1cc(F)ccc1-c1cnc(S(C)(=O)=O)nc1C(=O)O. The predicted molar refractivity (Wildman–Crippen MR) is 72.2 cm³/mol. The molecule has 2 rings (SSSR count). The molecule has 1 heterocycles. The molecule has 0 atom stereocenters. The van der Waals surface area contributed by atoms with E-state index in [0.29, 0.717) is 11.1 Å². The molecule has 2 aromatic rings. The number of sulfone groups is 1. The fraction of sp³-hybridized carbons (Fsp3) is 0.154. The molecule has 0 aliphatic carbocycles. The molecule has 0 saturated heterocycles. The van der Waals surface area contributed by atoms with Crippen molar-refractivity contribution in [1.29, 1.82) is 0 Å². The van der Waals surface area contributed by atoms with Gasteiger partial charge in [0.15, 0.2) is 5.69 Å². The molecule has 8 heteroatoms.